The standard InChI is InChI=1S/C9H12BNO3/c1-10(14)11-8-4-2-7(3-5-8)6-9(12)13/h2-5,11,14H,6H2,1H3,(H,12,13). The van der Waals surface area contributed by atoms with Gasteiger partial charge < -0.3 is 15.4 Å². The molecule has 0 heterocycles. The lowest BCUT2D eigenvalue weighted by Crippen LogP contribution is -2.19. The van der Waals surface area contributed by atoms with Gasteiger partial charge in [-0.25, -0.2) is 0 Å². The molecule has 14 heavy (non-hydrogen) atoms. The second-order valence-electron chi connectivity index (χ2n) is 3.09. The van der Waals surface area contributed by atoms with Gasteiger partial charge in [-0.1, -0.05) is 12.1 Å². The number of benzene rings is 1. The summed E-state index contributed by atoms with van der Waals surface area (Å²) in [6, 6.07) is 6.92. The van der Waals surface area contributed by atoms with Crippen LogP contribution in [0.25, 0.3) is 0 Å². The van der Waals surface area contributed by atoms with Gasteiger partial charge >= 0.3 is 13.0 Å². The number of rotatable bonds is 4. The lowest BCUT2D eigenvalue weighted by molar-refractivity contribution is -0.136. The molecule has 74 valence electrons. The molecule has 1 rings (SSSR count). The van der Waals surface area contributed by atoms with E-state index in [0.29, 0.717) is 0 Å². The van der Waals surface area contributed by atoms with E-state index < -0.39 is 13.0 Å². The van der Waals surface area contributed by atoms with Crippen LogP contribution in [0, 0.1) is 0 Å². The molecule has 0 aliphatic carbocycles. The second-order valence-corrected chi connectivity index (χ2v) is 3.09. The van der Waals surface area contributed by atoms with E-state index in [9.17, 15) is 4.79 Å². The van der Waals surface area contributed by atoms with E-state index in [0.717, 1.165) is 11.3 Å². The van der Waals surface area contributed by atoms with Crippen LogP contribution in [0.15, 0.2) is 24.3 Å². The molecule has 0 saturated heterocycles. The van der Waals surface area contributed by atoms with Crippen molar-refractivity contribution in [3.63, 3.8) is 0 Å². The summed E-state index contributed by atoms with van der Waals surface area (Å²) >= 11 is 0. The van der Waals surface area contributed by atoms with Crippen LogP contribution in [-0.4, -0.2) is 23.2 Å². The summed E-state index contributed by atoms with van der Waals surface area (Å²) < 4.78 is 0. The van der Waals surface area contributed by atoms with Gasteiger partial charge in [0.2, 0.25) is 0 Å². The molecule has 0 aliphatic rings. The van der Waals surface area contributed by atoms with Gasteiger partial charge in [-0.2, -0.15) is 0 Å². The summed E-state index contributed by atoms with van der Waals surface area (Å²) in [5.74, 6) is -0.846. The number of nitrogens with one attached hydrogen (secondary N) is 1. The van der Waals surface area contributed by atoms with Crippen LogP contribution < -0.4 is 5.23 Å². The fraction of sp³-hybridized carbons (Fsp3) is 0.222. The smallest absolute Gasteiger partial charge is 0.406 e. The Labute approximate surface area is 82.7 Å². The van der Waals surface area contributed by atoms with Crippen LogP contribution >= 0.6 is 0 Å². The monoisotopic (exact) mass is 193 g/mol. The highest BCUT2D eigenvalue weighted by molar-refractivity contribution is 6.52. The van der Waals surface area contributed by atoms with Gasteiger partial charge in [-0.3, -0.25) is 4.79 Å². The molecule has 0 unspecified atom stereocenters. The highest BCUT2D eigenvalue weighted by Gasteiger charge is 2.03. The predicted molar refractivity (Wildman–Crippen MR) is 55.2 cm³/mol. The average Bonchev–Trinajstić information content (AvgIpc) is 2.06. The van der Waals surface area contributed by atoms with Gasteiger partial charge in [0.25, 0.3) is 0 Å². The van der Waals surface area contributed by atoms with Gasteiger partial charge in [0, 0.05) is 5.69 Å². The Morgan fingerprint density at radius 2 is 2.00 bits per heavy atom. The van der Waals surface area contributed by atoms with E-state index in [1.54, 1.807) is 31.1 Å². The molecule has 0 atom stereocenters. The second kappa shape index (κ2) is 4.67. The average molecular weight is 193 g/mol. The maximum Gasteiger partial charge on any atom is 0.406 e. The van der Waals surface area contributed by atoms with Gasteiger partial charge in [0.1, 0.15) is 0 Å². The largest absolute Gasteiger partial charge is 0.481 e. The fourth-order valence-electron chi connectivity index (χ4n) is 1.13. The number of anilines is 1. The highest BCUT2D eigenvalue weighted by atomic mass is 16.4. The summed E-state index contributed by atoms with van der Waals surface area (Å²) in [6.07, 6.45) is 0.0228. The van der Waals surface area contributed by atoms with Gasteiger partial charge in [0.05, 0.1) is 6.42 Å². The van der Waals surface area contributed by atoms with Crippen LogP contribution in [-0.2, 0) is 11.2 Å². The molecular weight excluding hydrogens is 181 g/mol. The minimum absolute atomic E-state index is 0.0228. The third kappa shape index (κ3) is 3.49. The third-order valence-electron chi connectivity index (χ3n) is 1.68. The van der Waals surface area contributed by atoms with Crippen molar-refractivity contribution in [1.82, 2.24) is 0 Å². The Kier molecular flexibility index (Phi) is 3.53. The molecule has 0 radical (unpaired) electrons. The fourth-order valence-corrected chi connectivity index (χ4v) is 1.13. The number of hydrogen-bond donors (Lipinski definition) is 3. The van der Waals surface area contributed by atoms with Crippen molar-refractivity contribution in [1.29, 1.82) is 0 Å². The molecule has 0 aliphatic heterocycles. The number of hydrogen-bond acceptors (Lipinski definition) is 3. The summed E-state index contributed by atoms with van der Waals surface area (Å²) in [7, 11) is -0.611. The van der Waals surface area contributed by atoms with Gasteiger partial charge in [-0.05, 0) is 24.5 Å². The molecule has 1 aromatic carbocycles. The van der Waals surface area contributed by atoms with Crippen LogP contribution in [0.5, 0.6) is 0 Å². The highest BCUT2D eigenvalue weighted by Crippen LogP contribution is 2.10. The first-order valence-electron chi connectivity index (χ1n) is 4.33. The SMILES string of the molecule is CB(O)Nc1ccc(CC(=O)O)cc1. The summed E-state index contributed by atoms with van der Waals surface area (Å²) in [6.45, 7) is 1.62. The molecule has 5 heteroatoms. The predicted octanol–water partition coefficient (Wildman–Crippen LogP) is 0.836. The molecule has 4 nitrogen and oxygen atoms in total. The lowest BCUT2D eigenvalue weighted by atomic mass is 9.88. The summed E-state index contributed by atoms with van der Waals surface area (Å²) in [4.78, 5) is 10.4. The van der Waals surface area contributed by atoms with E-state index >= 15 is 0 Å². The van der Waals surface area contributed by atoms with Crippen LogP contribution in [0.1, 0.15) is 5.56 Å². The lowest BCUT2D eigenvalue weighted by Gasteiger charge is -2.06. The van der Waals surface area contributed by atoms with E-state index in [2.05, 4.69) is 5.23 Å². The minimum atomic E-state index is -0.846. The van der Waals surface area contributed by atoms with Crippen LogP contribution in [0.4, 0.5) is 5.69 Å². The summed E-state index contributed by atoms with van der Waals surface area (Å²) in [5, 5.41) is 20.3. The maximum atomic E-state index is 10.4. The zero-order valence-electron chi connectivity index (χ0n) is 7.90. The normalized spacial score (nSPS) is 9.57. The third-order valence-corrected chi connectivity index (χ3v) is 1.68. The zero-order chi connectivity index (χ0) is 10.6. The van der Waals surface area contributed by atoms with Crippen molar-refractivity contribution in [3.05, 3.63) is 29.8 Å². The number of carbonyl (C=O) groups is 1. The quantitative estimate of drug-likeness (QED) is 0.619. The van der Waals surface area contributed by atoms with Crippen molar-refractivity contribution in [3.8, 4) is 0 Å². The van der Waals surface area contributed by atoms with E-state index in [1.165, 1.54) is 0 Å². The Balaban J connectivity index is 2.63. The van der Waals surface area contributed by atoms with Crippen LogP contribution in [0.3, 0.4) is 0 Å². The van der Waals surface area contributed by atoms with Gasteiger partial charge in [0.15, 0.2) is 0 Å². The molecule has 1 aromatic rings. The Bertz CT molecular complexity index is 310. The molecule has 0 spiro atoms. The van der Waals surface area contributed by atoms with Crippen molar-refractivity contribution >= 4 is 18.7 Å². The molecule has 0 bridgehead atoms. The molecule has 0 aromatic heterocycles. The number of carboxylic acid groups (broad SMARTS) is 1. The maximum absolute atomic E-state index is 10.4. The Hall–Kier alpha value is -1.49. The molecular formula is C9H12BNO3. The topological polar surface area (TPSA) is 69.6 Å². The van der Waals surface area contributed by atoms with Crippen molar-refractivity contribution < 1.29 is 14.9 Å². The molecule has 0 fully saturated rings. The van der Waals surface area contributed by atoms with E-state index in [4.69, 9.17) is 10.1 Å². The van der Waals surface area contributed by atoms with Crippen molar-refractivity contribution in [2.24, 2.45) is 0 Å². The van der Waals surface area contributed by atoms with E-state index in [-0.39, 0.29) is 6.42 Å². The molecule has 0 amide bonds. The zero-order valence-corrected chi connectivity index (χ0v) is 7.90. The summed E-state index contributed by atoms with van der Waals surface area (Å²) in [5.41, 5.74) is 1.52. The van der Waals surface area contributed by atoms with Gasteiger partial charge in [-0.15, -0.1) is 0 Å². The number of aliphatic carboxylic acids is 1. The van der Waals surface area contributed by atoms with E-state index in [1.807, 2.05) is 0 Å². The van der Waals surface area contributed by atoms with Crippen LogP contribution in [0.2, 0.25) is 6.82 Å². The Morgan fingerprint density at radius 3 is 2.43 bits per heavy atom. The first kappa shape index (κ1) is 10.6. The van der Waals surface area contributed by atoms with Crippen molar-refractivity contribution in [2.75, 3.05) is 5.23 Å². The first-order valence-corrected chi connectivity index (χ1v) is 4.33. The Morgan fingerprint density at radius 1 is 1.43 bits per heavy atom. The van der Waals surface area contributed by atoms with Crippen molar-refractivity contribution in [2.45, 2.75) is 13.2 Å². The number of carboxylic acids is 1. The molecule has 0 saturated carbocycles. The first-order chi connectivity index (χ1) is 6.58. The minimum Gasteiger partial charge on any atom is -0.481 e. The molecule has 3 N–H and O–H groups in total.